The van der Waals surface area contributed by atoms with Gasteiger partial charge in [0.15, 0.2) is 0 Å². The number of carbonyl (C=O) groups is 1. The molecule has 11 heavy (non-hydrogen) atoms. The molecule has 0 aromatic heterocycles. The van der Waals surface area contributed by atoms with Crippen LogP contribution in [0.2, 0.25) is 0 Å². The highest BCUT2D eigenvalue weighted by molar-refractivity contribution is 5.60. The molecule has 0 aliphatic rings. The summed E-state index contributed by atoms with van der Waals surface area (Å²) in [6.07, 6.45) is 0.200. The predicted molar refractivity (Wildman–Crippen MR) is 42.5 cm³/mol. The maximum absolute atomic E-state index is 10.8. The van der Waals surface area contributed by atoms with Crippen LogP contribution < -0.4 is 0 Å². The molecular formula is C8H16O3. The Balaban J connectivity index is 3.74. The smallest absolute Gasteiger partial charge is 0.435 e. The average molecular weight is 160 g/mol. The average Bonchev–Trinajstić information content (AvgIpc) is 1.87. The standard InChI is InChI=1S/C8H16O3/c1-5-8(3,4)11-7(9)10-6-2/h5-6H2,1-4H3. The van der Waals surface area contributed by atoms with Gasteiger partial charge in [0.25, 0.3) is 0 Å². The molecule has 0 N–H and O–H groups in total. The van der Waals surface area contributed by atoms with Crippen LogP contribution in [0.3, 0.4) is 0 Å². The quantitative estimate of drug-likeness (QED) is 0.594. The van der Waals surface area contributed by atoms with E-state index in [0.29, 0.717) is 6.61 Å². The number of carbonyl (C=O) groups excluding carboxylic acids is 1. The third-order valence-corrected chi connectivity index (χ3v) is 1.47. The van der Waals surface area contributed by atoms with Crippen molar-refractivity contribution in [2.75, 3.05) is 6.61 Å². The van der Waals surface area contributed by atoms with Gasteiger partial charge in [-0.1, -0.05) is 6.92 Å². The maximum atomic E-state index is 10.8. The molecule has 0 saturated carbocycles. The zero-order valence-electron chi connectivity index (χ0n) is 7.64. The van der Waals surface area contributed by atoms with E-state index in [9.17, 15) is 4.79 Å². The second kappa shape index (κ2) is 4.21. The first-order chi connectivity index (χ1) is 5.02. The Morgan fingerprint density at radius 2 is 1.91 bits per heavy atom. The molecule has 0 saturated heterocycles. The van der Waals surface area contributed by atoms with Crippen molar-refractivity contribution in [3.05, 3.63) is 0 Å². The molecule has 0 spiro atoms. The van der Waals surface area contributed by atoms with Crippen LogP contribution >= 0.6 is 0 Å². The first-order valence-corrected chi connectivity index (χ1v) is 3.87. The van der Waals surface area contributed by atoms with Gasteiger partial charge in [0.2, 0.25) is 0 Å². The molecule has 0 radical (unpaired) electrons. The molecule has 0 fully saturated rings. The molecule has 0 bridgehead atoms. The van der Waals surface area contributed by atoms with E-state index in [4.69, 9.17) is 4.74 Å². The Hall–Kier alpha value is -0.730. The lowest BCUT2D eigenvalue weighted by atomic mass is 10.1. The second-order valence-electron chi connectivity index (χ2n) is 2.90. The first-order valence-electron chi connectivity index (χ1n) is 3.87. The Morgan fingerprint density at radius 3 is 2.27 bits per heavy atom. The number of hydrogen-bond acceptors (Lipinski definition) is 3. The third kappa shape index (κ3) is 4.65. The van der Waals surface area contributed by atoms with E-state index in [-0.39, 0.29) is 0 Å². The summed E-state index contributed by atoms with van der Waals surface area (Å²) in [5, 5.41) is 0. The van der Waals surface area contributed by atoms with E-state index in [2.05, 4.69) is 4.74 Å². The van der Waals surface area contributed by atoms with Crippen molar-refractivity contribution in [3.63, 3.8) is 0 Å². The topological polar surface area (TPSA) is 35.5 Å². The van der Waals surface area contributed by atoms with E-state index in [1.54, 1.807) is 6.92 Å². The van der Waals surface area contributed by atoms with Gasteiger partial charge >= 0.3 is 6.16 Å². The molecule has 3 nitrogen and oxygen atoms in total. The van der Waals surface area contributed by atoms with Gasteiger partial charge in [-0.25, -0.2) is 4.79 Å². The van der Waals surface area contributed by atoms with Crippen LogP contribution in [0.5, 0.6) is 0 Å². The Labute approximate surface area is 67.7 Å². The zero-order chi connectivity index (χ0) is 8.91. The fourth-order valence-electron chi connectivity index (χ4n) is 0.445. The molecule has 0 rings (SSSR count). The van der Waals surface area contributed by atoms with Gasteiger partial charge in [-0.2, -0.15) is 0 Å². The Bertz CT molecular complexity index is 129. The summed E-state index contributed by atoms with van der Waals surface area (Å²) in [5.41, 5.74) is -0.410. The van der Waals surface area contributed by atoms with Gasteiger partial charge in [0, 0.05) is 0 Å². The molecule has 3 heteroatoms. The highest BCUT2D eigenvalue weighted by atomic mass is 16.7. The van der Waals surface area contributed by atoms with Crippen molar-refractivity contribution >= 4 is 6.16 Å². The van der Waals surface area contributed by atoms with Gasteiger partial charge in [0.1, 0.15) is 5.60 Å². The van der Waals surface area contributed by atoms with Crippen molar-refractivity contribution < 1.29 is 14.3 Å². The number of ether oxygens (including phenoxy) is 2. The molecule has 0 aliphatic carbocycles. The number of hydrogen-bond donors (Lipinski definition) is 0. The Morgan fingerprint density at radius 1 is 1.36 bits per heavy atom. The van der Waals surface area contributed by atoms with Crippen LogP contribution in [0.15, 0.2) is 0 Å². The fourth-order valence-corrected chi connectivity index (χ4v) is 0.445. The van der Waals surface area contributed by atoms with Crippen LogP contribution in [0.1, 0.15) is 34.1 Å². The SMILES string of the molecule is CCOC(=O)OC(C)(C)CC. The zero-order valence-corrected chi connectivity index (χ0v) is 7.64. The van der Waals surface area contributed by atoms with Crippen molar-refractivity contribution in [2.24, 2.45) is 0 Å². The minimum atomic E-state index is -0.584. The lowest BCUT2D eigenvalue weighted by Gasteiger charge is -2.22. The molecule has 0 atom stereocenters. The van der Waals surface area contributed by atoms with Crippen molar-refractivity contribution in [1.29, 1.82) is 0 Å². The summed E-state index contributed by atoms with van der Waals surface area (Å²) in [6, 6.07) is 0. The molecule has 0 unspecified atom stereocenters. The Kier molecular flexibility index (Phi) is 3.93. The van der Waals surface area contributed by atoms with E-state index in [1.807, 2.05) is 20.8 Å². The molecule has 0 amide bonds. The molecule has 0 aromatic carbocycles. The summed E-state index contributed by atoms with van der Waals surface area (Å²) in [5.74, 6) is 0. The van der Waals surface area contributed by atoms with E-state index >= 15 is 0 Å². The molecular weight excluding hydrogens is 144 g/mol. The summed E-state index contributed by atoms with van der Waals surface area (Å²) < 4.78 is 9.58. The van der Waals surface area contributed by atoms with Crippen molar-refractivity contribution in [1.82, 2.24) is 0 Å². The fraction of sp³-hybridized carbons (Fsp3) is 0.875. The van der Waals surface area contributed by atoms with Gasteiger partial charge in [-0.05, 0) is 27.2 Å². The summed E-state index contributed by atoms with van der Waals surface area (Å²) >= 11 is 0. The van der Waals surface area contributed by atoms with Crippen LogP contribution in [0.25, 0.3) is 0 Å². The van der Waals surface area contributed by atoms with Gasteiger partial charge in [0.05, 0.1) is 6.61 Å². The van der Waals surface area contributed by atoms with E-state index in [1.165, 1.54) is 0 Å². The number of rotatable bonds is 3. The monoisotopic (exact) mass is 160 g/mol. The van der Waals surface area contributed by atoms with Gasteiger partial charge < -0.3 is 9.47 Å². The minimum Gasteiger partial charge on any atom is -0.435 e. The van der Waals surface area contributed by atoms with E-state index < -0.39 is 11.8 Å². The molecule has 0 aromatic rings. The molecule has 0 aliphatic heterocycles. The first kappa shape index (κ1) is 10.3. The normalized spacial score (nSPS) is 10.9. The van der Waals surface area contributed by atoms with Crippen LogP contribution in [0.4, 0.5) is 4.79 Å². The third-order valence-electron chi connectivity index (χ3n) is 1.47. The van der Waals surface area contributed by atoms with Crippen molar-refractivity contribution in [2.45, 2.75) is 39.7 Å². The summed E-state index contributed by atoms with van der Waals surface area (Å²) in [6.45, 7) is 7.77. The van der Waals surface area contributed by atoms with Crippen LogP contribution in [-0.2, 0) is 9.47 Å². The van der Waals surface area contributed by atoms with Crippen LogP contribution in [0, 0.1) is 0 Å². The summed E-state index contributed by atoms with van der Waals surface area (Å²) in [4.78, 5) is 10.8. The van der Waals surface area contributed by atoms with Gasteiger partial charge in [-0.15, -0.1) is 0 Å². The highest BCUT2D eigenvalue weighted by Crippen LogP contribution is 2.13. The largest absolute Gasteiger partial charge is 0.508 e. The van der Waals surface area contributed by atoms with Crippen molar-refractivity contribution in [3.8, 4) is 0 Å². The predicted octanol–water partition coefficient (Wildman–Crippen LogP) is 2.35. The second-order valence-corrected chi connectivity index (χ2v) is 2.90. The molecule has 0 heterocycles. The van der Waals surface area contributed by atoms with Gasteiger partial charge in [-0.3, -0.25) is 0 Å². The lowest BCUT2D eigenvalue weighted by Crippen LogP contribution is -2.27. The maximum Gasteiger partial charge on any atom is 0.508 e. The van der Waals surface area contributed by atoms with Crippen LogP contribution in [-0.4, -0.2) is 18.4 Å². The molecule has 66 valence electrons. The summed E-state index contributed by atoms with van der Waals surface area (Å²) in [7, 11) is 0. The van der Waals surface area contributed by atoms with E-state index in [0.717, 1.165) is 6.42 Å². The minimum absolute atomic E-state index is 0.360. The lowest BCUT2D eigenvalue weighted by molar-refractivity contribution is -0.0160. The highest BCUT2D eigenvalue weighted by Gasteiger charge is 2.20.